The SMILES string of the molecule is CCNC(=NCC1(N2CCCCC2)CCN(C)CC1)NC(C)c1cc(C)ccc1OC. The summed E-state index contributed by atoms with van der Waals surface area (Å²) in [5.41, 5.74) is 2.60. The lowest BCUT2D eigenvalue weighted by Gasteiger charge is -2.49. The summed E-state index contributed by atoms with van der Waals surface area (Å²) in [6.45, 7) is 12.9. The fraction of sp³-hybridized carbons (Fsp3) is 0.720. The molecule has 0 saturated carbocycles. The molecule has 31 heavy (non-hydrogen) atoms. The van der Waals surface area contributed by atoms with E-state index in [0.29, 0.717) is 0 Å². The summed E-state index contributed by atoms with van der Waals surface area (Å²) in [6, 6.07) is 6.45. The molecule has 2 saturated heterocycles. The van der Waals surface area contributed by atoms with Gasteiger partial charge in [0.2, 0.25) is 0 Å². The van der Waals surface area contributed by atoms with Crippen LogP contribution in [-0.4, -0.2) is 74.7 Å². The Morgan fingerprint density at radius 2 is 1.87 bits per heavy atom. The molecule has 174 valence electrons. The third-order valence-corrected chi connectivity index (χ3v) is 7.03. The van der Waals surface area contributed by atoms with Crippen molar-refractivity contribution >= 4 is 5.96 Å². The Hall–Kier alpha value is -1.79. The van der Waals surface area contributed by atoms with Gasteiger partial charge in [0.1, 0.15) is 5.75 Å². The molecular formula is C25H43N5O. The summed E-state index contributed by atoms with van der Waals surface area (Å²) < 4.78 is 5.61. The van der Waals surface area contributed by atoms with Gasteiger partial charge in [-0.05, 0) is 85.7 Å². The third kappa shape index (κ3) is 6.13. The van der Waals surface area contributed by atoms with E-state index in [1.54, 1.807) is 7.11 Å². The number of rotatable bonds is 7. The second kappa shape index (κ2) is 11.2. The highest BCUT2D eigenvalue weighted by atomic mass is 16.5. The van der Waals surface area contributed by atoms with Gasteiger partial charge in [0.25, 0.3) is 0 Å². The van der Waals surface area contributed by atoms with Crippen LogP contribution in [0.1, 0.15) is 63.1 Å². The number of hydrogen-bond donors (Lipinski definition) is 2. The van der Waals surface area contributed by atoms with Crippen LogP contribution in [0.3, 0.4) is 0 Å². The fourth-order valence-corrected chi connectivity index (χ4v) is 5.00. The second-order valence-electron chi connectivity index (χ2n) is 9.38. The van der Waals surface area contributed by atoms with Crippen molar-refractivity contribution in [2.45, 2.75) is 64.5 Å². The Morgan fingerprint density at radius 3 is 2.52 bits per heavy atom. The second-order valence-corrected chi connectivity index (χ2v) is 9.38. The largest absolute Gasteiger partial charge is 0.496 e. The van der Waals surface area contributed by atoms with Gasteiger partial charge in [0.05, 0.1) is 19.7 Å². The van der Waals surface area contributed by atoms with Gasteiger partial charge in [-0.25, -0.2) is 0 Å². The lowest BCUT2D eigenvalue weighted by atomic mass is 9.84. The van der Waals surface area contributed by atoms with Crippen molar-refractivity contribution in [2.75, 3.05) is 53.4 Å². The molecule has 2 heterocycles. The van der Waals surface area contributed by atoms with Gasteiger partial charge in [0.15, 0.2) is 5.96 Å². The van der Waals surface area contributed by atoms with Gasteiger partial charge in [0, 0.05) is 17.6 Å². The van der Waals surface area contributed by atoms with Gasteiger partial charge in [-0.15, -0.1) is 0 Å². The van der Waals surface area contributed by atoms with Crippen LogP contribution in [0.25, 0.3) is 0 Å². The van der Waals surface area contributed by atoms with E-state index in [9.17, 15) is 0 Å². The summed E-state index contributed by atoms with van der Waals surface area (Å²) in [6.07, 6.45) is 6.42. The molecule has 2 fully saturated rings. The Morgan fingerprint density at radius 1 is 1.16 bits per heavy atom. The smallest absolute Gasteiger partial charge is 0.191 e. The zero-order valence-corrected chi connectivity index (χ0v) is 20.3. The summed E-state index contributed by atoms with van der Waals surface area (Å²) in [7, 11) is 3.98. The van der Waals surface area contributed by atoms with E-state index in [0.717, 1.165) is 43.5 Å². The molecule has 0 bridgehead atoms. The molecule has 2 N–H and O–H groups in total. The van der Waals surface area contributed by atoms with E-state index in [1.807, 2.05) is 0 Å². The molecule has 3 rings (SSSR count). The number of hydrogen-bond acceptors (Lipinski definition) is 4. The predicted octanol–water partition coefficient (Wildman–Crippen LogP) is 3.57. The summed E-state index contributed by atoms with van der Waals surface area (Å²) in [4.78, 5) is 10.4. The number of aliphatic imine (C=N–C) groups is 1. The lowest BCUT2D eigenvalue weighted by molar-refractivity contribution is 0.0208. The van der Waals surface area contributed by atoms with Gasteiger partial charge in [-0.1, -0.05) is 24.1 Å². The number of guanidine groups is 1. The van der Waals surface area contributed by atoms with Crippen LogP contribution >= 0.6 is 0 Å². The molecule has 1 aromatic rings. The Balaban J connectivity index is 1.77. The molecule has 1 unspecified atom stereocenters. The van der Waals surface area contributed by atoms with Crippen molar-refractivity contribution in [1.29, 1.82) is 0 Å². The number of aryl methyl sites for hydroxylation is 1. The molecule has 1 atom stereocenters. The summed E-state index contributed by atoms with van der Waals surface area (Å²) >= 11 is 0. The average Bonchev–Trinajstić information content (AvgIpc) is 2.79. The topological polar surface area (TPSA) is 52.1 Å². The van der Waals surface area contributed by atoms with Crippen molar-refractivity contribution in [3.8, 4) is 5.75 Å². The molecule has 0 aromatic heterocycles. The zero-order chi connectivity index (χ0) is 22.3. The molecule has 6 heteroatoms. The number of likely N-dealkylation sites (tertiary alicyclic amines) is 2. The Kier molecular flexibility index (Phi) is 8.61. The number of methoxy groups -OCH3 is 1. The van der Waals surface area contributed by atoms with Crippen LogP contribution in [0.15, 0.2) is 23.2 Å². The third-order valence-electron chi connectivity index (χ3n) is 7.03. The average molecular weight is 430 g/mol. The molecule has 0 amide bonds. The van der Waals surface area contributed by atoms with Crippen LogP contribution in [-0.2, 0) is 0 Å². The maximum Gasteiger partial charge on any atom is 0.191 e. The molecule has 0 spiro atoms. The minimum atomic E-state index is 0.107. The Labute approximate surface area is 189 Å². The van der Waals surface area contributed by atoms with Crippen molar-refractivity contribution in [2.24, 2.45) is 4.99 Å². The molecule has 0 radical (unpaired) electrons. The Bertz CT molecular complexity index is 721. The number of nitrogens with one attached hydrogen (secondary N) is 2. The van der Waals surface area contributed by atoms with Gasteiger partial charge < -0.3 is 20.3 Å². The molecule has 0 aliphatic carbocycles. The summed E-state index contributed by atoms with van der Waals surface area (Å²) in [5.74, 6) is 1.82. The number of ether oxygens (including phenoxy) is 1. The molecule has 2 aliphatic rings. The van der Waals surface area contributed by atoms with Gasteiger partial charge in [-0.3, -0.25) is 9.89 Å². The maximum absolute atomic E-state index is 5.61. The van der Waals surface area contributed by atoms with E-state index >= 15 is 0 Å². The molecule has 6 nitrogen and oxygen atoms in total. The first-order valence-electron chi connectivity index (χ1n) is 12.1. The number of piperidine rings is 2. The molecule has 1 aromatic carbocycles. The van der Waals surface area contributed by atoms with E-state index in [1.165, 1.54) is 50.8 Å². The fourth-order valence-electron chi connectivity index (χ4n) is 5.00. The first kappa shape index (κ1) is 23.9. The van der Waals surface area contributed by atoms with Crippen molar-refractivity contribution < 1.29 is 4.74 Å². The van der Waals surface area contributed by atoms with E-state index in [2.05, 4.69) is 66.5 Å². The lowest BCUT2D eigenvalue weighted by Crippen LogP contribution is -2.58. The van der Waals surface area contributed by atoms with Crippen molar-refractivity contribution in [1.82, 2.24) is 20.4 Å². The summed E-state index contributed by atoms with van der Waals surface area (Å²) in [5, 5.41) is 7.11. The quantitative estimate of drug-likeness (QED) is 0.513. The highest BCUT2D eigenvalue weighted by Gasteiger charge is 2.39. The minimum absolute atomic E-state index is 0.107. The van der Waals surface area contributed by atoms with Crippen LogP contribution in [0.2, 0.25) is 0 Å². The normalized spacial score (nSPS) is 21.5. The van der Waals surface area contributed by atoms with E-state index < -0.39 is 0 Å². The molecular weight excluding hydrogens is 386 g/mol. The number of nitrogens with zero attached hydrogens (tertiary/aromatic N) is 3. The maximum atomic E-state index is 5.61. The number of benzene rings is 1. The minimum Gasteiger partial charge on any atom is -0.496 e. The molecule has 2 aliphatic heterocycles. The van der Waals surface area contributed by atoms with Crippen molar-refractivity contribution in [3.05, 3.63) is 29.3 Å². The van der Waals surface area contributed by atoms with E-state index in [-0.39, 0.29) is 11.6 Å². The first-order valence-corrected chi connectivity index (χ1v) is 12.1. The van der Waals surface area contributed by atoms with Crippen LogP contribution in [0, 0.1) is 6.92 Å². The van der Waals surface area contributed by atoms with Crippen LogP contribution < -0.4 is 15.4 Å². The highest BCUT2D eigenvalue weighted by molar-refractivity contribution is 5.80. The predicted molar refractivity (Wildman–Crippen MR) is 130 cm³/mol. The van der Waals surface area contributed by atoms with Gasteiger partial charge in [-0.2, -0.15) is 0 Å². The monoisotopic (exact) mass is 429 g/mol. The van der Waals surface area contributed by atoms with Crippen LogP contribution in [0.4, 0.5) is 0 Å². The highest BCUT2D eigenvalue weighted by Crippen LogP contribution is 2.32. The van der Waals surface area contributed by atoms with Crippen LogP contribution in [0.5, 0.6) is 5.75 Å². The van der Waals surface area contributed by atoms with Gasteiger partial charge >= 0.3 is 0 Å². The van der Waals surface area contributed by atoms with E-state index in [4.69, 9.17) is 9.73 Å². The zero-order valence-electron chi connectivity index (χ0n) is 20.3. The van der Waals surface area contributed by atoms with Crippen molar-refractivity contribution in [3.63, 3.8) is 0 Å². The standard InChI is InChI=1S/C25H43N5O/c1-6-26-24(28-21(3)22-18-20(2)10-11-23(22)31-5)27-19-25(12-16-29(4)17-13-25)30-14-8-7-9-15-30/h10-11,18,21H,6-9,12-17,19H2,1-5H3,(H2,26,27,28). The first-order chi connectivity index (χ1) is 15.0.